The lowest BCUT2D eigenvalue weighted by molar-refractivity contribution is -0.0303. The molecule has 0 aromatic heterocycles. The molecule has 4 atom stereocenters. The Balaban J connectivity index is 1.15. The Hall–Kier alpha value is -2.52. The molecule has 0 amide bonds. The van der Waals surface area contributed by atoms with Gasteiger partial charge in [0, 0.05) is 45.2 Å². The van der Waals surface area contributed by atoms with Crippen molar-refractivity contribution in [3.8, 4) is 23.0 Å². The lowest BCUT2D eigenvalue weighted by atomic mass is 9.41. The van der Waals surface area contributed by atoms with Crippen LogP contribution in [0.25, 0.3) is 0 Å². The van der Waals surface area contributed by atoms with Crippen molar-refractivity contribution in [1.29, 1.82) is 0 Å². The van der Waals surface area contributed by atoms with Gasteiger partial charge in [-0.25, -0.2) is 0 Å². The van der Waals surface area contributed by atoms with Crippen molar-refractivity contribution in [3.05, 3.63) is 46.5 Å². The van der Waals surface area contributed by atoms with E-state index < -0.39 is 0 Å². The van der Waals surface area contributed by atoms with E-state index in [2.05, 4.69) is 65.8 Å². The molecule has 4 aliphatic carbocycles. The van der Waals surface area contributed by atoms with Gasteiger partial charge in [0.05, 0.1) is 26.4 Å². The van der Waals surface area contributed by atoms with Crippen molar-refractivity contribution in [2.45, 2.75) is 126 Å². The fraction of sp³-hybridized carbons (Fsp3) is 0.714. The van der Waals surface area contributed by atoms with E-state index in [0.717, 1.165) is 55.8 Å². The molecule has 2 aromatic rings. The molecular formula is C42H56O8. The topological polar surface area (TPSA) is 87.0 Å². The predicted molar refractivity (Wildman–Crippen MR) is 189 cm³/mol. The van der Waals surface area contributed by atoms with Gasteiger partial charge >= 0.3 is 0 Å². The Morgan fingerprint density at radius 3 is 1.14 bits per heavy atom. The average molecular weight is 689 g/mol. The van der Waals surface area contributed by atoms with E-state index in [4.69, 9.17) is 37.9 Å². The fourth-order valence-corrected chi connectivity index (χ4v) is 9.88. The van der Waals surface area contributed by atoms with Crippen LogP contribution >= 0.6 is 0 Å². The first kappa shape index (κ1) is 33.3. The first-order valence-corrected chi connectivity index (χ1v) is 19.2. The van der Waals surface area contributed by atoms with Gasteiger partial charge in [-0.1, -0.05) is 41.5 Å². The third kappa shape index (κ3) is 6.75. The SMILES string of the molecule is CC(C)(C)c1cc(C23CC4CC(C2)CC(c2cc(C(C)(C)C)c(OCC5CO5)cc2OCC2CO2)(C4)C3)c(OCC2CO2)cc1OCC1CO1. The van der Waals surface area contributed by atoms with Gasteiger partial charge < -0.3 is 37.9 Å². The maximum Gasteiger partial charge on any atom is 0.126 e. The lowest BCUT2D eigenvalue weighted by Crippen LogP contribution is -2.56. The van der Waals surface area contributed by atoms with Crippen LogP contribution in [0.15, 0.2) is 24.3 Å². The Labute approximate surface area is 297 Å². The van der Waals surface area contributed by atoms with E-state index in [9.17, 15) is 0 Å². The summed E-state index contributed by atoms with van der Waals surface area (Å²) in [5, 5.41) is 0. The van der Waals surface area contributed by atoms with Crippen LogP contribution in [0.5, 0.6) is 23.0 Å². The van der Waals surface area contributed by atoms with Crippen LogP contribution in [0.1, 0.15) is 102 Å². The van der Waals surface area contributed by atoms with Gasteiger partial charge in [-0.3, -0.25) is 0 Å². The number of benzene rings is 2. The van der Waals surface area contributed by atoms with Gasteiger partial charge in [0.15, 0.2) is 0 Å². The molecule has 272 valence electrons. The van der Waals surface area contributed by atoms with E-state index in [1.807, 2.05) is 0 Å². The third-order valence-corrected chi connectivity index (χ3v) is 12.3. The summed E-state index contributed by atoms with van der Waals surface area (Å²) in [4.78, 5) is 0. The number of ether oxygens (including phenoxy) is 8. The summed E-state index contributed by atoms with van der Waals surface area (Å²) in [6.45, 7) is 19.2. The fourth-order valence-electron chi connectivity index (χ4n) is 9.88. The third-order valence-electron chi connectivity index (χ3n) is 12.3. The van der Waals surface area contributed by atoms with E-state index in [0.29, 0.717) is 38.3 Å². The highest BCUT2D eigenvalue weighted by atomic mass is 16.6. The van der Waals surface area contributed by atoms with Crippen molar-refractivity contribution in [1.82, 2.24) is 0 Å². The minimum Gasteiger partial charge on any atom is -0.490 e. The molecule has 4 heterocycles. The van der Waals surface area contributed by atoms with Crippen molar-refractivity contribution in [2.75, 3.05) is 52.9 Å². The highest BCUT2D eigenvalue weighted by Crippen LogP contribution is 2.68. The summed E-state index contributed by atoms with van der Waals surface area (Å²) >= 11 is 0. The molecule has 2 aromatic carbocycles. The maximum absolute atomic E-state index is 6.74. The second-order valence-electron chi connectivity index (χ2n) is 18.8. The van der Waals surface area contributed by atoms with Gasteiger partial charge in [-0.15, -0.1) is 0 Å². The standard InChI is InChI=1S/C42H56O8/c1-39(2,3)31-8-33(37(49-22-29-18-45-29)10-35(31)47-20-27-16-43-27)41-12-25-7-26(13-41)15-42(14-25,24-41)34-9-32(40(4,5)6)36(48-21-28-17-44-28)11-38(34)50-23-30-19-46-30/h8-11,25-30H,7,12-24H2,1-6H3. The summed E-state index contributed by atoms with van der Waals surface area (Å²) in [5.74, 6) is 5.09. The van der Waals surface area contributed by atoms with Gasteiger partial charge in [-0.2, -0.15) is 0 Å². The molecule has 4 aliphatic heterocycles. The van der Waals surface area contributed by atoms with E-state index in [1.165, 1.54) is 54.4 Å². The molecular weight excluding hydrogens is 632 g/mol. The Bertz CT molecular complexity index is 1470. The summed E-state index contributed by atoms with van der Waals surface area (Å²) in [6.07, 6.45) is 7.91. The molecule has 8 nitrogen and oxygen atoms in total. The van der Waals surface area contributed by atoms with Crippen LogP contribution in [0.4, 0.5) is 0 Å². The van der Waals surface area contributed by atoms with Gasteiger partial charge in [-0.05, 0) is 73.3 Å². The highest BCUT2D eigenvalue weighted by molar-refractivity contribution is 5.57. The minimum absolute atomic E-state index is 0.000783. The van der Waals surface area contributed by atoms with Crippen LogP contribution in [0.3, 0.4) is 0 Å². The van der Waals surface area contributed by atoms with Crippen LogP contribution in [-0.2, 0) is 40.6 Å². The molecule has 50 heavy (non-hydrogen) atoms. The first-order chi connectivity index (χ1) is 23.9. The summed E-state index contributed by atoms with van der Waals surface area (Å²) < 4.78 is 48.7. The maximum atomic E-state index is 6.74. The van der Waals surface area contributed by atoms with Gasteiger partial charge in [0.25, 0.3) is 0 Å². The molecule has 0 radical (unpaired) electrons. The Morgan fingerprint density at radius 2 is 0.840 bits per heavy atom. The molecule has 0 N–H and O–H groups in total. The number of hydrogen-bond donors (Lipinski definition) is 0. The van der Waals surface area contributed by atoms with Crippen LogP contribution in [0.2, 0.25) is 0 Å². The van der Waals surface area contributed by atoms with Crippen LogP contribution in [-0.4, -0.2) is 77.3 Å². The number of hydrogen-bond acceptors (Lipinski definition) is 8. The first-order valence-electron chi connectivity index (χ1n) is 19.2. The van der Waals surface area contributed by atoms with Gasteiger partial charge in [0.1, 0.15) is 73.8 Å². The normalized spacial score (nSPS) is 34.8. The van der Waals surface area contributed by atoms with Crippen molar-refractivity contribution < 1.29 is 37.9 Å². The quantitative estimate of drug-likeness (QED) is 0.193. The zero-order chi connectivity index (χ0) is 34.5. The van der Waals surface area contributed by atoms with Crippen molar-refractivity contribution in [2.24, 2.45) is 11.8 Å². The number of epoxide rings is 4. The molecule has 8 aliphatic rings. The smallest absolute Gasteiger partial charge is 0.126 e. The molecule has 0 spiro atoms. The second kappa shape index (κ2) is 12.0. The molecule has 8 heteroatoms. The monoisotopic (exact) mass is 688 g/mol. The summed E-state index contributed by atoms with van der Waals surface area (Å²) in [6, 6.07) is 9.38. The Morgan fingerprint density at radius 1 is 0.520 bits per heavy atom. The Kier molecular flexibility index (Phi) is 8.00. The summed E-state index contributed by atoms with van der Waals surface area (Å²) in [7, 11) is 0. The second-order valence-corrected chi connectivity index (χ2v) is 18.8. The van der Waals surface area contributed by atoms with Crippen molar-refractivity contribution >= 4 is 0 Å². The molecule has 4 unspecified atom stereocenters. The molecule has 4 saturated heterocycles. The van der Waals surface area contributed by atoms with Gasteiger partial charge in [0.2, 0.25) is 0 Å². The predicted octanol–water partition coefficient (Wildman–Crippen LogP) is 7.18. The average Bonchev–Trinajstić information content (AvgIpc) is 3.87. The van der Waals surface area contributed by atoms with Crippen molar-refractivity contribution in [3.63, 3.8) is 0 Å². The molecule has 10 rings (SSSR count). The van der Waals surface area contributed by atoms with Crippen LogP contribution in [0, 0.1) is 11.8 Å². The molecule has 4 saturated carbocycles. The van der Waals surface area contributed by atoms with E-state index in [1.54, 1.807) is 0 Å². The van der Waals surface area contributed by atoms with E-state index >= 15 is 0 Å². The largest absolute Gasteiger partial charge is 0.490 e. The molecule has 8 fully saturated rings. The molecule has 4 bridgehead atoms. The lowest BCUT2D eigenvalue weighted by Gasteiger charge is -2.63. The minimum atomic E-state index is -0.0958. The highest BCUT2D eigenvalue weighted by Gasteiger charge is 2.60. The zero-order valence-corrected chi connectivity index (χ0v) is 30.9. The van der Waals surface area contributed by atoms with Crippen LogP contribution < -0.4 is 18.9 Å². The zero-order valence-electron chi connectivity index (χ0n) is 30.9. The van der Waals surface area contributed by atoms with E-state index in [-0.39, 0.29) is 46.1 Å². The summed E-state index contributed by atoms with van der Waals surface area (Å²) in [5.41, 5.74) is 5.04. The number of rotatable bonds is 14.